The second-order valence-corrected chi connectivity index (χ2v) is 7.75. The summed E-state index contributed by atoms with van der Waals surface area (Å²) in [6.45, 7) is 5.37. The highest BCUT2D eigenvalue weighted by Gasteiger charge is 2.34. The molecule has 3 nitrogen and oxygen atoms in total. The van der Waals surface area contributed by atoms with Crippen molar-refractivity contribution in [3.63, 3.8) is 0 Å². The van der Waals surface area contributed by atoms with E-state index in [1.165, 1.54) is 30.0 Å². The van der Waals surface area contributed by atoms with Crippen LogP contribution >= 0.6 is 11.3 Å². The molecular weight excluding hydrogens is 309 g/mol. The Labute approximate surface area is 140 Å². The zero-order valence-corrected chi connectivity index (χ0v) is 14.0. The van der Waals surface area contributed by atoms with Crippen molar-refractivity contribution < 1.29 is 4.39 Å². The van der Waals surface area contributed by atoms with Gasteiger partial charge in [-0.05, 0) is 36.5 Å². The molecule has 0 radical (unpaired) electrons. The van der Waals surface area contributed by atoms with E-state index >= 15 is 0 Å². The summed E-state index contributed by atoms with van der Waals surface area (Å²) in [5.41, 5.74) is 1.21. The minimum Gasteiger partial charge on any atom is -0.297 e. The predicted molar refractivity (Wildman–Crippen MR) is 90.7 cm³/mol. The van der Waals surface area contributed by atoms with E-state index in [1.54, 1.807) is 23.5 Å². The van der Waals surface area contributed by atoms with Crippen LogP contribution in [-0.2, 0) is 13.1 Å². The van der Waals surface area contributed by atoms with Gasteiger partial charge >= 0.3 is 0 Å². The molecule has 0 amide bonds. The Morgan fingerprint density at radius 1 is 1.09 bits per heavy atom. The molecule has 3 fully saturated rings. The number of hydrogen-bond acceptors (Lipinski definition) is 4. The maximum absolute atomic E-state index is 13.1. The van der Waals surface area contributed by atoms with E-state index in [9.17, 15) is 4.39 Å². The predicted octanol–water partition coefficient (Wildman–Crippen LogP) is 3.38. The molecule has 1 aromatic carbocycles. The van der Waals surface area contributed by atoms with Gasteiger partial charge in [-0.3, -0.25) is 9.80 Å². The average Bonchev–Trinajstić information content (AvgIpc) is 2.91. The van der Waals surface area contributed by atoms with Crippen molar-refractivity contribution in [3.8, 4) is 0 Å². The molecule has 2 bridgehead atoms. The number of piperidine rings is 1. The highest BCUT2D eigenvalue weighted by molar-refractivity contribution is 7.09. The van der Waals surface area contributed by atoms with Crippen LogP contribution < -0.4 is 0 Å². The lowest BCUT2D eigenvalue weighted by Crippen LogP contribution is -2.43. The number of hydrogen-bond donors (Lipinski definition) is 0. The molecule has 3 aliphatic rings. The van der Waals surface area contributed by atoms with Gasteiger partial charge in [0, 0.05) is 43.8 Å². The molecule has 5 rings (SSSR count). The Hall–Kier alpha value is -1.30. The molecule has 0 N–H and O–H groups in total. The Morgan fingerprint density at radius 3 is 2.74 bits per heavy atom. The molecular formula is C18H22FN3S. The van der Waals surface area contributed by atoms with Crippen LogP contribution in [0.1, 0.15) is 23.4 Å². The van der Waals surface area contributed by atoms with Crippen LogP contribution in [0.2, 0.25) is 0 Å². The van der Waals surface area contributed by atoms with E-state index in [2.05, 4.69) is 20.2 Å². The molecule has 0 saturated carbocycles. The summed E-state index contributed by atoms with van der Waals surface area (Å²) in [7, 11) is 0. The number of thiazole rings is 1. The summed E-state index contributed by atoms with van der Waals surface area (Å²) in [5, 5.41) is 3.29. The van der Waals surface area contributed by atoms with Crippen LogP contribution in [0.3, 0.4) is 0 Å². The second kappa shape index (κ2) is 6.67. The highest BCUT2D eigenvalue weighted by atomic mass is 32.1. The van der Waals surface area contributed by atoms with Crippen molar-refractivity contribution in [2.75, 3.05) is 19.6 Å². The zero-order chi connectivity index (χ0) is 15.6. The largest absolute Gasteiger partial charge is 0.297 e. The summed E-state index contributed by atoms with van der Waals surface area (Å²) in [6, 6.07) is 7.58. The molecule has 3 saturated heterocycles. The third kappa shape index (κ3) is 3.62. The molecule has 122 valence electrons. The third-order valence-corrected chi connectivity index (χ3v) is 5.81. The van der Waals surface area contributed by atoms with Crippen LogP contribution in [0, 0.1) is 11.7 Å². The normalized spacial score (nSPS) is 25.6. The van der Waals surface area contributed by atoms with Gasteiger partial charge in [0.1, 0.15) is 10.8 Å². The van der Waals surface area contributed by atoms with Crippen molar-refractivity contribution >= 4 is 11.3 Å². The van der Waals surface area contributed by atoms with Gasteiger partial charge < -0.3 is 0 Å². The number of halogens is 1. The van der Waals surface area contributed by atoms with E-state index in [4.69, 9.17) is 0 Å². The van der Waals surface area contributed by atoms with Crippen LogP contribution in [0.15, 0.2) is 35.8 Å². The molecule has 0 aliphatic carbocycles. The fourth-order valence-corrected chi connectivity index (χ4v) is 4.59. The monoisotopic (exact) mass is 331 g/mol. The number of benzene rings is 1. The number of nitrogens with zero attached hydrogens (tertiary/aromatic N) is 3. The van der Waals surface area contributed by atoms with Gasteiger partial charge in [0.2, 0.25) is 0 Å². The zero-order valence-electron chi connectivity index (χ0n) is 13.2. The first kappa shape index (κ1) is 15.2. The van der Waals surface area contributed by atoms with Crippen LogP contribution in [0.25, 0.3) is 0 Å². The molecule has 0 unspecified atom stereocenters. The summed E-state index contributed by atoms with van der Waals surface area (Å²) in [4.78, 5) is 9.62. The van der Waals surface area contributed by atoms with Crippen molar-refractivity contribution in [3.05, 3.63) is 52.2 Å². The van der Waals surface area contributed by atoms with E-state index in [1.807, 2.05) is 18.3 Å². The summed E-state index contributed by atoms with van der Waals surface area (Å²) >= 11 is 1.75. The maximum Gasteiger partial charge on any atom is 0.123 e. The molecule has 4 heterocycles. The van der Waals surface area contributed by atoms with Crippen molar-refractivity contribution in [1.82, 2.24) is 14.8 Å². The first-order valence-electron chi connectivity index (χ1n) is 8.35. The summed E-state index contributed by atoms with van der Waals surface area (Å²) in [6.07, 6.45) is 4.52. The van der Waals surface area contributed by atoms with Gasteiger partial charge in [0.05, 0.1) is 6.54 Å². The van der Waals surface area contributed by atoms with E-state index in [0.717, 1.165) is 32.1 Å². The smallest absolute Gasteiger partial charge is 0.123 e. The van der Waals surface area contributed by atoms with E-state index in [-0.39, 0.29) is 5.82 Å². The lowest BCUT2D eigenvalue weighted by atomic mass is 9.95. The number of fused-ring (bicyclic) bond motifs is 4. The first-order valence-corrected chi connectivity index (χ1v) is 9.23. The molecule has 2 aromatic rings. The molecule has 3 aliphatic heterocycles. The topological polar surface area (TPSA) is 19.4 Å². The quantitative estimate of drug-likeness (QED) is 0.856. The van der Waals surface area contributed by atoms with E-state index < -0.39 is 0 Å². The van der Waals surface area contributed by atoms with Crippen molar-refractivity contribution in [1.29, 1.82) is 0 Å². The van der Waals surface area contributed by atoms with Crippen LogP contribution in [0.4, 0.5) is 4.39 Å². The molecule has 5 heteroatoms. The first-order chi connectivity index (χ1) is 11.3. The Balaban J connectivity index is 1.43. The van der Waals surface area contributed by atoms with Crippen LogP contribution in [0.5, 0.6) is 0 Å². The summed E-state index contributed by atoms with van der Waals surface area (Å²) in [5.74, 6) is 0.591. The number of rotatable bonds is 4. The SMILES string of the molecule is Fc1ccc(CN2C[C@@H]3CC[C@H](C2)N(Cc2nccs2)C3)cc1. The van der Waals surface area contributed by atoms with Gasteiger partial charge in [-0.25, -0.2) is 9.37 Å². The second-order valence-electron chi connectivity index (χ2n) is 6.77. The van der Waals surface area contributed by atoms with Crippen molar-refractivity contribution in [2.45, 2.75) is 32.0 Å². The molecule has 23 heavy (non-hydrogen) atoms. The Bertz CT molecular complexity index is 628. The third-order valence-electron chi connectivity index (χ3n) is 5.04. The Kier molecular flexibility index (Phi) is 4.42. The molecule has 0 spiro atoms. The minimum atomic E-state index is -0.153. The lowest BCUT2D eigenvalue weighted by Gasteiger charge is -2.35. The number of aromatic nitrogens is 1. The molecule has 1 aromatic heterocycles. The van der Waals surface area contributed by atoms with Gasteiger partial charge in [0.15, 0.2) is 0 Å². The molecule has 2 atom stereocenters. The van der Waals surface area contributed by atoms with Crippen molar-refractivity contribution in [2.24, 2.45) is 5.92 Å². The highest BCUT2D eigenvalue weighted by Crippen LogP contribution is 2.30. The maximum atomic E-state index is 13.1. The van der Waals surface area contributed by atoms with Crippen LogP contribution in [-0.4, -0.2) is 40.5 Å². The standard InChI is InChI=1S/C18H22FN3S/c19-16-4-1-14(2-5-16)9-21-10-15-3-6-17(12-21)22(11-15)13-18-20-7-8-23-18/h1-2,4-5,7-8,15,17H,3,6,9-13H2/t15-,17+/m0/s1. The lowest BCUT2D eigenvalue weighted by molar-refractivity contribution is 0.123. The Morgan fingerprint density at radius 2 is 1.96 bits per heavy atom. The average molecular weight is 331 g/mol. The fraction of sp³-hybridized carbons (Fsp3) is 0.500. The summed E-state index contributed by atoms with van der Waals surface area (Å²) < 4.78 is 13.1. The van der Waals surface area contributed by atoms with E-state index in [0.29, 0.717) is 6.04 Å². The van der Waals surface area contributed by atoms with Gasteiger partial charge in [-0.1, -0.05) is 12.1 Å². The van der Waals surface area contributed by atoms with Gasteiger partial charge in [-0.2, -0.15) is 0 Å². The van der Waals surface area contributed by atoms with Gasteiger partial charge in [-0.15, -0.1) is 11.3 Å². The minimum absolute atomic E-state index is 0.153. The van der Waals surface area contributed by atoms with Gasteiger partial charge in [0.25, 0.3) is 0 Å². The fourth-order valence-electron chi connectivity index (χ4n) is 3.95.